The van der Waals surface area contributed by atoms with E-state index in [4.69, 9.17) is 5.73 Å². The van der Waals surface area contributed by atoms with Crippen LogP contribution in [0.5, 0.6) is 0 Å². The number of nitrogens with one attached hydrogen (secondary N) is 1. The molecule has 1 unspecified atom stereocenters. The molecule has 0 amide bonds. The zero-order valence-electron chi connectivity index (χ0n) is 13.3. The van der Waals surface area contributed by atoms with Gasteiger partial charge in [0.2, 0.25) is 0 Å². The van der Waals surface area contributed by atoms with Crippen LogP contribution < -0.4 is 23.0 Å². The summed E-state index contributed by atoms with van der Waals surface area (Å²) in [5.41, 5.74) is 5.91. The summed E-state index contributed by atoms with van der Waals surface area (Å²) in [6.07, 6.45) is 6.38. The van der Waals surface area contributed by atoms with Gasteiger partial charge in [-0.3, -0.25) is 0 Å². The van der Waals surface area contributed by atoms with Crippen molar-refractivity contribution in [2.75, 3.05) is 20.1 Å². The Bertz CT molecular complexity index is 134. The maximum atomic E-state index is 5.90. The highest BCUT2D eigenvalue weighted by Gasteiger charge is 2.12. The van der Waals surface area contributed by atoms with Crippen molar-refractivity contribution in [3.8, 4) is 0 Å². The van der Waals surface area contributed by atoms with Gasteiger partial charge in [-0.1, -0.05) is 40.0 Å². The lowest BCUT2D eigenvalue weighted by molar-refractivity contribution is -0.880. The molecule has 0 aliphatic carbocycles. The quantitative estimate of drug-likeness (QED) is 0.662. The van der Waals surface area contributed by atoms with Gasteiger partial charge >= 0.3 is 0 Å². The third-order valence-electron chi connectivity index (χ3n) is 2.65. The molecule has 116 valence electrons. The standard InChI is InChI=1S/C10H24N2.C4H10.2ClH/c1-5-6-8-12(4)9-7-10(2,3)11;1-3-4-2;;/h5-9,11H2,1-4H3;3-4H2,1-2H3;2*1H. The van der Waals surface area contributed by atoms with Crippen molar-refractivity contribution in [2.45, 2.75) is 72.3 Å². The normalized spacial score (nSPS) is 11.5. The molecule has 0 saturated heterocycles. The molecule has 2 nitrogen and oxygen atoms in total. The van der Waals surface area contributed by atoms with E-state index in [-0.39, 0.29) is 30.4 Å². The first-order valence-corrected chi connectivity index (χ1v) is 6.97. The second-order valence-corrected chi connectivity index (χ2v) is 5.55. The van der Waals surface area contributed by atoms with Crippen molar-refractivity contribution in [1.29, 1.82) is 0 Å². The molecule has 0 aliphatic rings. The van der Waals surface area contributed by atoms with Crippen molar-refractivity contribution in [1.82, 2.24) is 0 Å². The molecule has 0 rings (SSSR count). The highest BCUT2D eigenvalue weighted by Crippen LogP contribution is 1.99. The van der Waals surface area contributed by atoms with E-state index in [1.807, 2.05) is 0 Å². The molecule has 0 aromatic heterocycles. The van der Waals surface area contributed by atoms with Crippen LogP contribution in [0.2, 0.25) is 0 Å². The Morgan fingerprint density at radius 1 is 0.944 bits per heavy atom. The molecule has 18 heavy (non-hydrogen) atoms. The Morgan fingerprint density at radius 3 is 1.67 bits per heavy atom. The van der Waals surface area contributed by atoms with Crippen molar-refractivity contribution in [3.63, 3.8) is 0 Å². The number of quaternary nitrogens is 1. The lowest BCUT2D eigenvalue weighted by Crippen LogP contribution is -3.09. The summed E-state index contributed by atoms with van der Waals surface area (Å²) < 4.78 is 0. The second-order valence-electron chi connectivity index (χ2n) is 5.55. The first kappa shape index (κ1) is 26.9. The molecule has 0 spiro atoms. The van der Waals surface area contributed by atoms with Crippen LogP contribution in [0.15, 0.2) is 0 Å². The number of unbranched alkanes of at least 4 members (excludes halogenated alkanes) is 2. The van der Waals surface area contributed by atoms with Gasteiger partial charge in [0, 0.05) is 12.0 Å². The molecule has 4 heteroatoms. The van der Waals surface area contributed by atoms with Gasteiger partial charge < -0.3 is 23.0 Å². The zero-order chi connectivity index (χ0) is 13.0. The number of halogens is 2. The average molecular weight is 303 g/mol. The van der Waals surface area contributed by atoms with E-state index >= 15 is 0 Å². The molecule has 0 radical (unpaired) electrons. The van der Waals surface area contributed by atoms with Crippen molar-refractivity contribution in [3.05, 3.63) is 0 Å². The van der Waals surface area contributed by atoms with Crippen LogP contribution in [-0.4, -0.2) is 25.7 Å². The van der Waals surface area contributed by atoms with E-state index in [2.05, 4.69) is 41.7 Å². The summed E-state index contributed by atoms with van der Waals surface area (Å²) in [4.78, 5) is 1.61. The zero-order valence-corrected chi connectivity index (χ0v) is 14.9. The van der Waals surface area contributed by atoms with Crippen LogP contribution in [-0.2, 0) is 0 Å². The SMILES string of the molecule is CCCC.CCCC[NH+](C)CCC(C)(C)N.Cl.[Cl-]. The smallest absolute Gasteiger partial charge is 0.0786 e. The highest BCUT2D eigenvalue weighted by atomic mass is 35.5. The summed E-state index contributed by atoms with van der Waals surface area (Å²) in [6, 6.07) is 0. The fourth-order valence-corrected chi connectivity index (χ4v) is 1.14. The molecular formula is C14H36Cl2N2. The van der Waals surface area contributed by atoms with E-state index in [0.29, 0.717) is 0 Å². The van der Waals surface area contributed by atoms with Gasteiger partial charge in [0.25, 0.3) is 0 Å². The van der Waals surface area contributed by atoms with E-state index in [0.717, 1.165) is 6.42 Å². The second kappa shape index (κ2) is 17.5. The number of nitrogens with two attached hydrogens (primary N) is 1. The fourth-order valence-electron chi connectivity index (χ4n) is 1.14. The summed E-state index contributed by atoms with van der Waals surface area (Å²) in [7, 11) is 2.25. The Kier molecular flexibility index (Phi) is 26.2. The van der Waals surface area contributed by atoms with Gasteiger partial charge in [-0.25, -0.2) is 0 Å². The molecule has 0 aliphatic heterocycles. The largest absolute Gasteiger partial charge is 1.00 e. The van der Waals surface area contributed by atoms with Crippen molar-refractivity contribution < 1.29 is 17.3 Å². The summed E-state index contributed by atoms with van der Waals surface area (Å²) in [5.74, 6) is 0. The summed E-state index contributed by atoms with van der Waals surface area (Å²) in [5, 5.41) is 0. The highest BCUT2D eigenvalue weighted by molar-refractivity contribution is 5.85. The van der Waals surface area contributed by atoms with Gasteiger partial charge in [-0.2, -0.15) is 0 Å². The molecule has 3 N–H and O–H groups in total. The Labute approximate surface area is 128 Å². The van der Waals surface area contributed by atoms with Gasteiger partial charge in [0.1, 0.15) is 0 Å². The predicted molar refractivity (Wildman–Crippen MR) is 82.2 cm³/mol. The molecule has 0 aromatic carbocycles. The number of rotatable bonds is 7. The van der Waals surface area contributed by atoms with E-state index in [9.17, 15) is 0 Å². The third-order valence-corrected chi connectivity index (χ3v) is 2.65. The van der Waals surface area contributed by atoms with Crippen molar-refractivity contribution >= 4 is 12.4 Å². The van der Waals surface area contributed by atoms with Crippen LogP contribution in [0.4, 0.5) is 0 Å². The van der Waals surface area contributed by atoms with Crippen LogP contribution in [0.3, 0.4) is 0 Å². The minimum absolute atomic E-state index is 0. The first-order chi connectivity index (χ1) is 7.37. The Morgan fingerprint density at radius 2 is 1.39 bits per heavy atom. The first-order valence-electron chi connectivity index (χ1n) is 6.97. The van der Waals surface area contributed by atoms with Crippen LogP contribution in [0.1, 0.15) is 66.7 Å². The topological polar surface area (TPSA) is 30.5 Å². The summed E-state index contributed by atoms with van der Waals surface area (Å²) in [6.45, 7) is 13.3. The van der Waals surface area contributed by atoms with Gasteiger partial charge in [0.05, 0.1) is 20.1 Å². The predicted octanol–water partition coefficient (Wildman–Crippen LogP) is -0.339. The van der Waals surface area contributed by atoms with Crippen molar-refractivity contribution in [2.24, 2.45) is 5.73 Å². The Hall–Kier alpha value is 0.500. The molecule has 0 fully saturated rings. The lowest BCUT2D eigenvalue weighted by atomic mass is 10.0. The Balaban J connectivity index is -0.000000143. The molecule has 1 atom stereocenters. The third kappa shape index (κ3) is 30.0. The maximum Gasteiger partial charge on any atom is 0.0786 e. The monoisotopic (exact) mass is 302 g/mol. The van der Waals surface area contributed by atoms with Crippen LogP contribution >= 0.6 is 12.4 Å². The van der Waals surface area contributed by atoms with Gasteiger partial charge in [-0.05, 0) is 20.3 Å². The molecular weight excluding hydrogens is 267 g/mol. The summed E-state index contributed by atoms with van der Waals surface area (Å²) >= 11 is 0. The average Bonchev–Trinajstić information content (AvgIpc) is 2.23. The molecule has 0 heterocycles. The van der Waals surface area contributed by atoms with E-state index in [1.165, 1.54) is 38.8 Å². The molecule has 0 saturated carbocycles. The van der Waals surface area contributed by atoms with Gasteiger partial charge in [0.15, 0.2) is 0 Å². The van der Waals surface area contributed by atoms with E-state index < -0.39 is 0 Å². The lowest BCUT2D eigenvalue weighted by Gasteiger charge is -2.21. The number of hydrogen-bond donors (Lipinski definition) is 2. The van der Waals surface area contributed by atoms with Crippen LogP contribution in [0.25, 0.3) is 0 Å². The van der Waals surface area contributed by atoms with Gasteiger partial charge in [-0.15, -0.1) is 12.4 Å². The fraction of sp³-hybridized carbons (Fsp3) is 1.00. The molecule has 0 bridgehead atoms. The minimum atomic E-state index is 0. The van der Waals surface area contributed by atoms with Crippen LogP contribution in [0, 0.1) is 0 Å². The minimum Gasteiger partial charge on any atom is -1.00 e. The molecule has 0 aromatic rings. The maximum absolute atomic E-state index is 5.90. The van der Waals surface area contributed by atoms with E-state index in [1.54, 1.807) is 4.90 Å². The number of hydrogen-bond acceptors (Lipinski definition) is 1.